The third-order valence-corrected chi connectivity index (χ3v) is 2.99. The molecule has 92 valence electrons. The molecule has 5 nitrogen and oxygen atoms in total. The molecule has 1 atom stereocenters. The lowest BCUT2D eigenvalue weighted by atomic mass is 10.0. The zero-order valence-electron chi connectivity index (χ0n) is 10.2. The van der Waals surface area contributed by atoms with Gasteiger partial charge < -0.3 is 16.3 Å². The monoisotopic (exact) mass is 227 g/mol. The third-order valence-electron chi connectivity index (χ3n) is 2.99. The maximum Gasteiger partial charge on any atom is 0.234 e. The first kappa shape index (κ1) is 12.8. The van der Waals surface area contributed by atoms with Gasteiger partial charge in [0.15, 0.2) is 5.84 Å². The number of carbonyl (C=O) groups excluding carboxylic acids is 1. The number of rotatable bonds is 5. The molecule has 4 N–H and O–H groups in total. The normalized spacial score (nSPS) is 20.6. The van der Waals surface area contributed by atoms with Crippen molar-refractivity contribution in [2.45, 2.75) is 46.1 Å². The first-order chi connectivity index (χ1) is 7.42. The average Bonchev–Trinajstić information content (AvgIpc) is 2.95. The van der Waals surface area contributed by atoms with E-state index in [4.69, 9.17) is 10.9 Å². The number of amidine groups is 1. The first-order valence-corrected chi connectivity index (χ1v) is 5.71. The fourth-order valence-electron chi connectivity index (χ4n) is 1.95. The Morgan fingerprint density at radius 3 is 2.44 bits per heavy atom. The first-order valence-electron chi connectivity index (χ1n) is 5.71. The highest BCUT2D eigenvalue weighted by molar-refractivity contribution is 6.09. The van der Waals surface area contributed by atoms with Crippen LogP contribution in [0.5, 0.6) is 0 Å². The molecule has 0 bridgehead atoms. The van der Waals surface area contributed by atoms with Crippen LogP contribution in [0.3, 0.4) is 0 Å². The maximum absolute atomic E-state index is 11.9. The van der Waals surface area contributed by atoms with Crippen molar-refractivity contribution in [2.75, 3.05) is 0 Å². The molecule has 0 aromatic rings. The van der Waals surface area contributed by atoms with E-state index in [1.165, 1.54) is 0 Å². The van der Waals surface area contributed by atoms with Crippen LogP contribution < -0.4 is 11.1 Å². The summed E-state index contributed by atoms with van der Waals surface area (Å²) < 4.78 is 0. The number of hydrogen-bond donors (Lipinski definition) is 3. The van der Waals surface area contributed by atoms with Crippen molar-refractivity contribution in [1.82, 2.24) is 5.32 Å². The molecule has 1 unspecified atom stereocenters. The van der Waals surface area contributed by atoms with Gasteiger partial charge in [-0.05, 0) is 32.1 Å². The van der Waals surface area contributed by atoms with Crippen LogP contribution in [0.2, 0.25) is 0 Å². The second-order valence-electron chi connectivity index (χ2n) is 5.07. The lowest BCUT2D eigenvalue weighted by molar-refractivity contribution is -0.124. The Labute approximate surface area is 96.1 Å². The van der Waals surface area contributed by atoms with Crippen LogP contribution in [0.25, 0.3) is 0 Å². The number of oxime groups is 1. The van der Waals surface area contributed by atoms with Crippen LogP contribution in [0, 0.1) is 11.3 Å². The largest absolute Gasteiger partial charge is 0.409 e. The van der Waals surface area contributed by atoms with E-state index in [2.05, 4.69) is 24.3 Å². The molecule has 0 radical (unpaired) electrons. The van der Waals surface area contributed by atoms with E-state index in [0.717, 1.165) is 6.42 Å². The van der Waals surface area contributed by atoms with Gasteiger partial charge in [0.1, 0.15) is 5.41 Å². The Kier molecular flexibility index (Phi) is 3.78. The van der Waals surface area contributed by atoms with Crippen molar-refractivity contribution < 1.29 is 10.0 Å². The standard InChI is InChI=1S/C11H21N3O2/c1-7(2)6-8(3)13-10(15)11(4-5-11)9(12)14-16/h7-8,16H,4-6H2,1-3H3,(H2,12,14)(H,13,15). The van der Waals surface area contributed by atoms with Gasteiger partial charge in [-0.25, -0.2) is 0 Å². The predicted molar refractivity (Wildman–Crippen MR) is 62.1 cm³/mol. The van der Waals surface area contributed by atoms with Gasteiger partial charge in [-0.1, -0.05) is 19.0 Å². The zero-order valence-corrected chi connectivity index (χ0v) is 10.2. The highest BCUT2D eigenvalue weighted by Gasteiger charge is 2.54. The van der Waals surface area contributed by atoms with Crippen LogP contribution in [0.4, 0.5) is 0 Å². The number of hydrogen-bond acceptors (Lipinski definition) is 3. The van der Waals surface area contributed by atoms with Gasteiger partial charge in [0, 0.05) is 6.04 Å². The smallest absolute Gasteiger partial charge is 0.234 e. The summed E-state index contributed by atoms with van der Waals surface area (Å²) >= 11 is 0. The Balaban J connectivity index is 2.53. The molecule has 1 amide bonds. The summed E-state index contributed by atoms with van der Waals surface area (Å²) in [6.07, 6.45) is 2.27. The highest BCUT2D eigenvalue weighted by atomic mass is 16.4. The van der Waals surface area contributed by atoms with Gasteiger partial charge in [-0.2, -0.15) is 0 Å². The zero-order chi connectivity index (χ0) is 12.3. The highest BCUT2D eigenvalue weighted by Crippen LogP contribution is 2.46. The quantitative estimate of drug-likeness (QED) is 0.284. The Morgan fingerprint density at radius 1 is 1.50 bits per heavy atom. The van der Waals surface area contributed by atoms with Gasteiger partial charge in [-0.3, -0.25) is 4.79 Å². The fourth-order valence-corrected chi connectivity index (χ4v) is 1.95. The molecule has 0 aromatic heterocycles. The molecule has 0 aromatic carbocycles. The van der Waals surface area contributed by atoms with E-state index >= 15 is 0 Å². The molecule has 0 heterocycles. The topological polar surface area (TPSA) is 87.7 Å². The third kappa shape index (κ3) is 2.65. The SMILES string of the molecule is CC(C)CC(C)NC(=O)C1(C(N)=NO)CC1. The van der Waals surface area contributed by atoms with E-state index in [1.54, 1.807) is 0 Å². The summed E-state index contributed by atoms with van der Waals surface area (Å²) in [5, 5.41) is 14.5. The molecule has 1 aliphatic carbocycles. The second kappa shape index (κ2) is 4.72. The molecule has 1 rings (SSSR count). The number of carbonyl (C=O) groups is 1. The Morgan fingerprint density at radius 2 is 2.06 bits per heavy atom. The van der Waals surface area contributed by atoms with Crippen molar-refractivity contribution in [3.63, 3.8) is 0 Å². The molecule has 0 aliphatic heterocycles. The number of nitrogens with one attached hydrogen (secondary N) is 1. The van der Waals surface area contributed by atoms with E-state index in [0.29, 0.717) is 18.8 Å². The van der Waals surface area contributed by atoms with E-state index in [1.807, 2.05) is 6.92 Å². The van der Waals surface area contributed by atoms with Crippen molar-refractivity contribution in [1.29, 1.82) is 0 Å². The number of amides is 1. The van der Waals surface area contributed by atoms with Crippen LogP contribution >= 0.6 is 0 Å². The average molecular weight is 227 g/mol. The number of nitrogens with zero attached hydrogens (tertiary/aromatic N) is 1. The molecule has 1 saturated carbocycles. The van der Waals surface area contributed by atoms with Crippen LogP contribution in [0.15, 0.2) is 5.16 Å². The molecule has 1 aliphatic rings. The molecule has 5 heteroatoms. The number of nitrogens with two attached hydrogens (primary N) is 1. The minimum atomic E-state index is -0.736. The van der Waals surface area contributed by atoms with Gasteiger partial charge >= 0.3 is 0 Å². The van der Waals surface area contributed by atoms with E-state index in [-0.39, 0.29) is 17.8 Å². The van der Waals surface area contributed by atoms with Crippen LogP contribution in [-0.4, -0.2) is 23.0 Å². The summed E-state index contributed by atoms with van der Waals surface area (Å²) in [7, 11) is 0. The summed E-state index contributed by atoms with van der Waals surface area (Å²) in [5.74, 6) is 0.451. The summed E-state index contributed by atoms with van der Waals surface area (Å²) in [4.78, 5) is 11.9. The van der Waals surface area contributed by atoms with E-state index in [9.17, 15) is 4.79 Å². The fraction of sp³-hybridized carbons (Fsp3) is 0.818. The molecule has 16 heavy (non-hydrogen) atoms. The maximum atomic E-state index is 11.9. The minimum Gasteiger partial charge on any atom is -0.409 e. The van der Waals surface area contributed by atoms with Crippen molar-refractivity contribution >= 4 is 11.7 Å². The Hall–Kier alpha value is -1.26. The van der Waals surface area contributed by atoms with Gasteiger partial charge in [-0.15, -0.1) is 0 Å². The van der Waals surface area contributed by atoms with Crippen molar-refractivity contribution in [2.24, 2.45) is 22.2 Å². The van der Waals surface area contributed by atoms with Gasteiger partial charge in [0.2, 0.25) is 5.91 Å². The molecule has 0 saturated heterocycles. The van der Waals surface area contributed by atoms with Crippen LogP contribution in [0.1, 0.15) is 40.0 Å². The second-order valence-corrected chi connectivity index (χ2v) is 5.07. The van der Waals surface area contributed by atoms with Crippen molar-refractivity contribution in [3.8, 4) is 0 Å². The lowest BCUT2D eigenvalue weighted by Gasteiger charge is -2.20. The summed E-state index contributed by atoms with van der Waals surface area (Å²) in [5.41, 5.74) is 4.79. The Bertz CT molecular complexity index is 296. The molecular formula is C11H21N3O2. The molecule has 1 fully saturated rings. The summed E-state index contributed by atoms with van der Waals surface area (Å²) in [6.45, 7) is 6.19. The molecular weight excluding hydrogens is 206 g/mol. The minimum absolute atomic E-state index is 0.0294. The predicted octanol–water partition coefficient (Wildman–Crippen LogP) is 1.06. The van der Waals surface area contributed by atoms with E-state index < -0.39 is 5.41 Å². The van der Waals surface area contributed by atoms with Crippen molar-refractivity contribution in [3.05, 3.63) is 0 Å². The van der Waals surface area contributed by atoms with Gasteiger partial charge in [0.25, 0.3) is 0 Å². The molecule has 0 spiro atoms. The van der Waals surface area contributed by atoms with Gasteiger partial charge in [0.05, 0.1) is 0 Å². The van der Waals surface area contributed by atoms with Crippen LogP contribution in [-0.2, 0) is 4.79 Å². The summed E-state index contributed by atoms with van der Waals surface area (Å²) in [6, 6.07) is 0.122. The lowest BCUT2D eigenvalue weighted by Crippen LogP contribution is -2.44.